The summed E-state index contributed by atoms with van der Waals surface area (Å²) < 4.78 is 27.5. The Hall–Kier alpha value is -1.44. The third-order valence-corrected chi connectivity index (χ3v) is 7.83. The van der Waals surface area contributed by atoms with Crippen molar-refractivity contribution < 1.29 is 13.2 Å². The molecule has 1 aromatic carbocycles. The maximum absolute atomic E-state index is 13.0. The molecule has 1 unspecified atom stereocenters. The summed E-state index contributed by atoms with van der Waals surface area (Å²) in [6.45, 7) is 2.61. The van der Waals surface area contributed by atoms with Crippen LogP contribution in [0.2, 0.25) is 0 Å². The van der Waals surface area contributed by atoms with Crippen LogP contribution in [0, 0.1) is 5.92 Å². The molecule has 0 radical (unpaired) electrons. The minimum Gasteiger partial charge on any atom is -0.352 e. The fourth-order valence-corrected chi connectivity index (χ4v) is 5.83. The third-order valence-electron chi connectivity index (χ3n) is 5.94. The molecule has 7 heteroatoms. The number of sulfonamides is 1. The van der Waals surface area contributed by atoms with Crippen LogP contribution >= 0.6 is 0 Å². The average molecular weight is 378 g/mol. The van der Waals surface area contributed by atoms with Crippen LogP contribution < -0.4 is 10.6 Å². The van der Waals surface area contributed by atoms with Crippen LogP contribution in [-0.2, 0) is 27.7 Å². The van der Waals surface area contributed by atoms with E-state index in [-0.39, 0.29) is 17.9 Å². The topological polar surface area (TPSA) is 78.5 Å². The zero-order valence-corrected chi connectivity index (χ0v) is 15.9. The molecule has 2 fully saturated rings. The number of carbonyl (C=O) groups excluding carboxylic acids is 1. The highest BCUT2D eigenvalue weighted by molar-refractivity contribution is 7.89. The van der Waals surface area contributed by atoms with Gasteiger partial charge in [0.05, 0.1) is 4.90 Å². The Kier molecular flexibility index (Phi) is 5.03. The van der Waals surface area contributed by atoms with Gasteiger partial charge in [0, 0.05) is 31.6 Å². The molecule has 4 rings (SSSR count). The molecule has 26 heavy (non-hydrogen) atoms. The molecule has 1 atom stereocenters. The molecule has 0 saturated carbocycles. The van der Waals surface area contributed by atoms with Crippen LogP contribution in [0.15, 0.2) is 23.1 Å². The first kappa shape index (κ1) is 17.9. The van der Waals surface area contributed by atoms with E-state index in [2.05, 4.69) is 10.6 Å². The van der Waals surface area contributed by atoms with Gasteiger partial charge in [0.15, 0.2) is 0 Å². The van der Waals surface area contributed by atoms with Crippen molar-refractivity contribution in [2.75, 3.05) is 26.2 Å². The number of fused-ring (bicyclic) bond motifs is 1. The van der Waals surface area contributed by atoms with Crippen molar-refractivity contribution in [2.45, 2.75) is 49.5 Å². The van der Waals surface area contributed by atoms with E-state index in [1.165, 1.54) is 11.1 Å². The first-order valence-corrected chi connectivity index (χ1v) is 11.1. The van der Waals surface area contributed by atoms with Gasteiger partial charge in [-0.2, -0.15) is 4.31 Å². The molecule has 0 spiro atoms. The van der Waals surface area contributed by atoms with Gasteiger partial charge in [0.2, 0.25) is 15.9 Å². The first-order chi connectivity index (χ1) is 12.5. The van der Waals surface area contributed by atoms with Gasteiger partial charge in [-0.1, -0.05) is 6.07 Å². The predicted octanol–water partition coefficient (Wildman–Crippen LogP) is 1.05. The number of nitrogens with one attached hydrogen (secondary N) is 2. The van der Waals surface area contributed by atoms with Crippen molar-refractivity contribution in [2.24, 2.45) is 5.92 Å². The standard InChI is InChI=1S/C19H27N3O3S/c23-19(21-17-6-9-20-13-17)15-7-10-22(11-8-15)26(24,25)18-5-4-14-2-1-3-16(14)12-18/h4-5,12,15,17,20H,1-3,6-11,13H2,(H,21,23). The maximum atomic E-state index is 13.0. The molecule has 2 saturated heterocycles. The van der Waals surface area contributed by atoms with Gasteiger partial charge in [-0.25, -0.2) is 8.42 Å². The lowest BCUT2D eigenvalue weighted by Crippen LogP contribution is -2.45. The number of piperidine rings is 1. The number of hydrogen-bond donors (Lipinski definition) is 2. The van der Waals surface area contributed by atoms with E-state index >= 15 is 0 Å². The zero-order valence-electron chi connectivity index (χ0n) is 15.0. The minimum atomic E-state index is -3.46. The Morgan fingerprint density at radius 3 is 2.62 bits per heavy atom. The molecule has 1 aliphatic carbocycles. The molecule has 1 amide bonds. The summed E-state index contributed by atoms with van der Waals surface area (Å²) >= 11 is 0. The number of benzene rings is 1. The van der Waals surface area contributed by atoms with Crippen LogP contribution in [0.25, 0.3) is 0 Å². The molecule has 142 valence electrons. The summed E-state index contributed by atoms with van der Waals surface area (Å²) in [5.41, 5.74) is 2.45. The Morgan fingerprint density at radius 2 is 1.88 bits per heavy atom. The molecule has 0 bridgehead atoms. The Bertz CT molecular complexity index is 779. The van der Waals surface area contributed by atoms with Gasteiger partial charge in [0.1, 0.15) is 0 Å². The van der Waals surface area contributed by atoms with Crippen LogP contribution in [0.5, 0.6) is 0 Å². The highest BCUT2D eigenvalue weighted by Crippen LogP contribution is 2.28. The van der Waals surface area contributed by atoms with Crippen molar-refractivity contribution in [3.63, 3.8) is 0 Å². The van der Waals surface area contributed by atoms with Crippen molar-refractivity contribution in [3.05, 3.63) is 29.3 Å². The Labute approximate surface area is 155 Å². The van der Waals surface area contributed by atoms with E-state index in [4.69, 9.17) is 0 Å². The van der Waals surface area contributed by atoms with E-state index in [9.17, 15) is 13.2 Å². The fraction of sp³-hybridized carbons (Fsp3) is 0.632. The van der Waals surface area contributed by atoms with Gasteiger partial charge in [0.25, 0.3) is 0 Å². The van der Waals surface area contributed by atoms with Crippen LogP contribution in [-0.4, -0.2) is 50.9 Å². The maximum Gasteiger partial charge on any atom is 0.243 e. The van der Waals surface area contributed by atoms with Gasteiger partial charge >= 0.3 is 0 Å². The van der Waals surface area contributed by atoms with Crippen LogP contribution in [0.1, 0.15) is 36.8 Å². The molecular weight excluding hydrogens is 350 g/mol. The van der Waals surface area contributed by atoms with E-state index < -0.39 is 10.0 Å². The molecule has 2 aliphatic heterocycles. The Morgan fingerprint density at radius 1 is 1.12 bits per heavy atom. The Balaban J connectivity index is 1.38. The zero-order chi connectivity index (χ0) is 18.1. The highest BCUT2D eigenvalue weighted by Gasteiger charge is 2.33. The van der Waals surface area contributed by atoms with E-state index in [0.717, 1.165) is 38.8 Å². The summed E-state index contributed by atoms with van der Waals surface area (Å²) in [7, 11) is -3.46. The minimum absolute atomic E-state index is 0.0771. The summed E-state index contributed by atoms with van der Waals surface area (Å²) in [4.78, 5) is 12.8. The number of rotatable bonds is 4. The average Bonchev–Trinajstić information content (AvgIpc) is 3.32. The van der Waals surface area contributed by atoms with Crippen molar-refractivity contribution in [1.82, 2.24) is 14.9 Å². The second-order valence-electron chi connectivity index (χ2n) is 7.66. The van der Waals surface area contributed by atoms with Crippen molar-refractivity contribution in [3.8, 4) is 0 Å². The normalized spacial score (nSPS) is 24.5. The monoisotopic (exact) mass is 377 g/mol. The van der Waals surface area contributed by atoms with E-state index in [1.54, 1.807) is 10.4 Å². The summed E-state index contributed by atoms with van der Waals surface area (Å²) in [5, 5.41) is 6.33. The lowest BCUT2D eigenvalue weighted by atomic mass is 9.97. The molecule has 0 aromatic heterocycles. The smallest absolute Gasteiger partial charge is 0.243 e. The van der Waals surface area contributed by atoms with Crippen LogP contribution in [0.3, 0.4) is 0 Å². The fourth-order valence-electron chi connectivity index (χ4n) is 4.31. The largest absolute Gasteiger partial charge is 0.352 e. The number of aryl methyl sites for hydroxylation is 2. The molecule has 2 heterocycles. The molecule has 3 aliphatic rings. The summed E-state index contributed by atoms with van der Waals surface area (Å²) in [6.07, 6.45) is 5.28. The quantitative estimate of drug-likeness (QED) is 0.822. The number of nitrogens with zero attached hydrogens (tertiary/aromatic N) is 1. The summed E-state index contributed by atoms with van der Waals surface area (Å²) in [5.74, 6) is -0.00431. The molecular formula is C19H27N3O3S. The lowest BCUT2D eigenvalue weighted by Gasteiger charge is -2.31. The summed E-state index contributed by atoms with van der Waals surface area (Å²) in [6, 6.07) is 5.77. The van der Waals surface area contributed by atoms with Gasteiger partial charge in [-0.05, 0) is 68.3 Å². The number of carbonyl (C=O) groups is 1. The number of amides is 1. The predicted molar refractivity (Wildman–Crippen MR) is 99.4 cm³/mol. The molecule has 2 N–H and O–H groups in total. The van der Waals surface area contributed by atoms with E-state index in [0.29, 0.717) is 30.8 Å². The van der Waals surface area contributed by atoms with Crippen molar-refractivity contribution >= 4 is 15.9 Å². The van der Waals surface area contributed by atoms with Gasteiger partial charge in [-0.15, -0.1) is 0 Å². The SMILES string of the molecule is O=C(NC1CCNC1)C1CCN(S(=O)(=O)c2ccc3c(c2)CCC3)CC1. The molecule has 1 aromatic rings. The van der Waals surface area contributed by atoms with Crippen molar-refractivity contribution in [1.29, 1.82) is 0 Å². The lowest BCUT2D eigenvalue weighted by molar-refractivity contribution is -0.126. The molecule has 6 nitrogen and oxygen atoms in total. The van der Waals surface area contributed by atoms with E-state index in [1.807, 2.05) is 12.1 Å². The van der Waals surface area contributed by atoms with Gasteiger partial charge in [-0.3, -0.25) is 4.79 Å². The second-order valence-corrected chi connectivity index (χ2v) is 9.60. The third kappa shape index (κ3) is 3.52. The first-order valence-electron chi connectivity index (χ1n) is 9.67. The highest BCUT2D eigenvalue weighted by atomic mass is 32.2. The number of hydrogen-bond acceptors (Lipinski definition) is 4. The van der Waals surface area contributed by atoms with Crippen LogP contribution in [0.4, 0.5) is 0 Å². The second kappa shape index (κ2) is 7.29. The van der Waals surface area contributed by atoms with Gasteiger partial charge < -0.3 is 10.6 Å².